The Hall–Kier alpha value is -1.39. The second-order valence-corrected chi connectivity index (χ2v) is 7.00. The summed E-state index contributed by atoms with van der Waals surface area (Å²) in [5.74, 6) is 0.156. The number of amides is 1. The van der Waals surface area contributed by atoms with Gasteiger partial charge in [0.1, 0.15) is 0 Å². The predicted molar refractivity (Wildman–Crippen MR) is 97.7 cm³/mol. The van der Waals surface area contributed by atoms with Crippen LogP contribution in [0.5, 0.6) is 0 Å². The van der Waals surface area contributed by atoms with Crippen LogP contribution in [0.3, 0.4) is 0 Å². The van der Waals surface area contributed by atoms with Crippen LogP contribution in [0, 0.1) is 0 Å². The quantitative estimate of drug-likeness (QED) is 0.741. The van der Waals surface area contributed by atoms with Crippen LogP contribution in [0.4, 0.5) is 0 Å². The molecule has 1 aliphatic heterocycles. The highest BCUT2D eigenvalue weighted by atomic mass is 16.5. The molecule has 0 aliphatic carbocycles. The summed E-state index contributed by atoms with van der Waals surface area (Å²) >= 11 is 0. The zero-order valence-corrected chi connectivity index (χ0v) is 15.4. The largest absolute Gasteiger partial charge is 0.373 e. The van der Waals surface area contributed by atoms with Gasteiger partial charge in [-0.15, -0.1) is 0 Å². The molecule has 4 nitrogen and oxygen atoms in total. The fourth-order valence-corrected chi connectivity index (χ4v) is 3.26. The summed E-state index contributed by atoms with van der Waals surface area (Å²) in [6, 6.07) is 8.58. The van der Waals surface area contributed by atoms with Crippen molar-refractivity contribution < 1.29 is 9.53 Å². The molecule has 0 radical (unpaired) electrons. The average molecular weight is 332 g/mol. The molecular weight excluding hydrogens is 300 g/mol. The van der Waals surface area contributed by atoms with Crippen LogP contribution in [-0.4, -0.2) is 36.1 Å². The molecule has 24 heavy (non-hydrogen) atoms. The first-order valence-corrected chi connectivity index (χ1v) is 9.29. The van der Waals surface area contributed by atoms with Gasteiger partial charge in [-0.05, 0) is 31.4 Å². The van der Waals surface area contributed by atoms with E-state index in [2.05, 4.69) is 55.3 Å². The number of benzene rings is 1. The molecular formula is C20H32N2O2. The van der Waals surface area contributed by atoms with Gasteiger partial charge in [-0.25, -0.2) is 0 Å². The Morgan fingerprint density at radius 3 is 2.38 bits per heavy atom. The first kappa shape index (κ1) is 18.9. The first-order valence-electron chi connectivity index (χ1n) is 9.29. The Balaban J connectivity index is 1.75. The van der Waals surface area contributed by atoms with Crippen molar-refractivity contribution in [1.29, 1.82) is 0 Å². The lowest BCUT2D eigenvalue weighted by Gasteiger charge is -2.35. The van der Waals surface area contributed by atoms with Crippen molar-refractivity contribution in [1.82, 2.24) is 10.2 Å². The molecule has 2 atom stereocenters. The third-order valence-electron chi connectivity index (χ3n) is 4.42. The van der Waals surface area contributed by atoms with Crippen molar-refractivity contribution in [2.45, 2.75) is 71.8 Å². The van der Waals surface area contributed by atoms with E-state index in [1.54, 1.807) is 0 Å². The maximum absolute atomic E-state index is 11.8. The van der Waals surface area contributed by atoms with E-state index < -0.39 is 0 Å². The summed E-state index contributed by atoms with van der Waals surface area (Å²) in [6.07, 6.45) is 4.50. The van der Waals surface area contributed by atoms with Gasteiger partial charge in [0.05, 0.1) is 12.2 Å². The molecule has 4 heteroatoms. The van der Waals surface area contributed by atoms with E-state index in [-0.39, 0.29) is 5.91 Å². The zero-order valence-electron chi connectivity index (χ0n) is 15.4. The van der Waals surface area contributed by atoms with Crippen LogP contribution >= 0.6 is 0 Å². The second-order valence-electron chi connectivity index (χ2n) is 7.00. The summed E-state index contributed by atoms with van der Waals surface area (Å²) < 4.78 is 5.78. The molecule has 1 heterocycles. The fourth-order valence-electron chi connectivity index (χ4n) is 3.26. The standard InChI is InChI=1S/C20H32N2O2/c1-4-5-6-7-20(23)21-12-18-8-10-19(11-9-18)15-22-13-16(2)24-17(3)14-22/h8-11,16-17H,4-7,12-15H2,1-3H3,(H,21,23). The van der Waals surface area contributed by atoms with Crippen molar-refractivity contribution in [2.75, 3.05) is 13.1 Å². The maximum Gasteiger partial charge on any atom is 0.220 e. The fraction of sp³-hybridized carbons (Fsp3) is 0.650. The van der Waals surface area contributed by atoms with Crippen LogP contribution < -0.4 is 5.32 Å². The topological polar surface area (TPSA) is 41.6 Å². The maximum atomic E-state index is 11.8. The minimum Gasteiger partial charge on any atom is -0.373 e. The molecule has 0 aromatic heterocycles. The molecule has 2 unspecified atom stereocenters. The van der Waals surface area contributed by atoms with Gasteiger partial charge < -0.3 is 10.1 Å². The molecule has 2 rings (SSSR count). The van der Waals surface area contributed by atoms with E-state index in [9.17, 15) is 4.79 Å². The van der Waals surface area contributed by atoms with E-state index in [0.717, 1.165) is 44.5 Å². The Morgan fingerprint density at radius 1 is 1.12 bits per heavy atom. The summed E-state index contributed by atoms with van der Waals surface area (Å²) in [4.78, 5) is 14.2. The number of unbranched alkanes of at least 4 members (excludes halogenated alkanes) is 2. The summed E-state index contributed by atoms with van der Waals surface area (Å²) in [5, 5.41) is 3.00. The Bertz CT molecular complexity index is 491. The minimum atomic E-state index is 0.156. The highest BCUT2D eigenvalue weighted by Gasteiger charge is 2.21. The number of carbonyl (C=O) groups excluding carboxylic acids is 1. The van der Waals surface area contributed by atoms with E-state index in [1.807, 2.05) is 0 Å². The molecule has 1 amide bonds. The van der Waals surface area contributed by atoms with Gasteiger partial charge in [0.15, 0.2) is 0 Å². The minimum absolute atomic E-state index is 0.156. The van der Waals surface area contributed by atoms with Gasteiger partial charge >= 0.3 is 0 Å². The number of morpholine rings is 1. The predicted octanol–water partition coefficient (Wildman–Crippen LogP) is 3.49. The third kappa shape index (κ3) is 6.62. The Labute approximate surface area is 146 Å². The third-order valence-corrected chi connectivity index (χ3v) is 4.42. The first-order chi connectivity index (χ1) is 11.6. The highest BCUT2D eigenvalue weighted by molar-refractivity contribution is 5.75. The molecule has 1 fully saturated rings. The molecule has 1 aromatic rings. The summed E-state index contributed by atoms with van der Waals surface area (Å²) in [7, 11) is 0. The zero-order chi connectivity index (χ0) is 17.4. The number of carbonyl (C=O) groups is 1. The molecule has 134 valence electrons. The second kappa shape index (κ2) is 9.80. The summed E-state index contributed by atoms with van der Waals surface area (Å²) in [5.41, 5.74) is 2.47. The van der Waals surface area contributed by atoms with Crippen molar-refractivity contribution in [3.8, 4) is 0 Å². The highest BCUT2D eigenvalue weighted by Crippen LogP contribution is 2.14. The van der Waals surface area contributed by atoms with E-state index in [0.29, 0.717) is 25.2 Å². The van der Waals surface area contributed by atoms with Crippen molar-refractivity contribution >= 4 is 5.91 Å². The van der Waals surface area contributed by atoms with Gasteiger partial charge in [0.2, 0.25) is 5.91 Å². The number of hydrogen-bond donors (Lipinski definition) is 1. The van der Waals surface area contributed by atoms with E-state index in [1.165, 1.54) is 5.56 Å². The lowest BCUT2D eigenvalue weighted by molar-refractivity contribution is -0.121. The number of rotatable bonds is 8. The van der Waals surface area contributed by atoms with Crippen LogP contribution in [0.2, 0.25) is 0 Å². The van der Waals surface area contributed by atoms with Crippen molar-refractivity contribution in [2.24, 2.45) is 0 Å². The van der Waals surface area contributed by atoms with Crippen molar-refractivity contribution in [3.63, 3.8) is 0 Å². The monoisotopic (exact) mass is 332 g/mol. The molecule has 1 N–H and O–H groups in total. The average Bonchev–Trinajstić information content (AvgIpc) is 2.53. The molecule has 1 aliphatic rings. The van der Waals surface area contributed by atoms with Gasteiger partial charge in [-0.3, -0.25) is 9.69 Å². The number of hydrogen-bond acceptors (Lipinski definition) is 3. The number of nitrogens with one attached hydrogen (secondary N) is 1. The Morgan fingerprint density at radius 2 is 1.75 bits per heavy atom. The molecule has 0 spiro atoms. The number of ether oxygens (including phenoxy) is 1. The normalized spacial score (nSPS) is 21.6. The van der Waals surface area contributed by atoms with Crippen LogP contribution in [0.1, 0.15) is 57.6 Å². The number of nitrogens with zero attached hydrogens (tertiary/aromatic N) is 1. The van der Waals surface area contributed by atoms with Gasteiger partial charge in [0, 0.05) is 32.6 Å². The smallest absolute Gasteiger partial charge is 0.220 e. The molecule has 0 bridgehead atoms. The van der Waals surface area contributed by atoms with Crippen LogP contribution in [0.15, 0.2) is 24.3 Å². The lowest BCUT2D eigenvalue weighted by atomic mass is 10.1. The molecule has 0 saturated carbocycles. The van der Waals surface area contributed by atoms with Gasteiger partial charge in [-0.2, -0.15) is 0 Å². The van der Waals surface area contributed by atoms with Gasteiger partial charge in [-0.1, -0.05) is 44.0 Å². The van der Waals surface area contributed by atoms with Crippen LogP contribution in [0.25, 0.3) is 0 Å². The molecule has 1 aromatic carbocycles. The van der Waals surface area contributed by atoms with E-state index in [4.69, 9.17) is 4.74 Å². The summed E-state index contributed by atoms with van der Waals surface area (Å²) in [6.45, 7) is 9.97. The van der Waals surface area contributed by atoms with Crippen molar-refractivity contribution in [3.05, 3.63) is 35.4 Å². The van der Waals surface area contributed by atoms with Gasteiger partial charge in [0.25, 0.3) is 0 Å². The SMILES string of the molecule is CCCCCC(=O)NCc1ccc(CN2CC(C)OC(C)C2)cc1. The molecule has 1 saturated heterocycles. The lowest BCUT2D eigenvalue weighted by Crippen LogP contribution is -2.44. The van der Waals surface area contributed by atoms with Crippen LogP contribution in [-0.2, 0) is 22.6 Å². The Kier molecular flexibility index (Phi) is 7.73. The van der Waals surface area contributed by atoms with E-state index >= 15 is 0 Å².